The molecule has 0 atom stereocenters. The van der Waals surface area contributed by atoms with Crippen LogP contribution in [0.4, 0.5) is 0 Å². The van der Waals surface area contributed by atoms with Gasteiger partial charge in [-0.15, -0.1) is 0 Å². The van der Waals surface area contributed by atoms with E-state index in [1.165, 1.54) is 0 Å². The predicted molar refractivity (Wildman–Crippen MR) is 122 cm³/mol. The van der Waals surface area contributed by atoms with Gasteiger partial charge in [0.2, 0.25) is 0 Å². The number of hydrogen-bond acceptors (Lipinski definition) is 4. The number of rotatable bonds is 6. The summed E-state index contributed by atoms with van der Waals surface area (Å²) < 4.78 is 11.6. The first-order chi connectivity index (χ1) is 15.0. The van der Waals surface area contributed by atoms with Gasteiger partial charge in [-0.25, -0.2) is 0 Å². The van der Waals surface area contributed by atoms with Crippen LogP contribution < -0.4 is 4.74 Å². The third-order valence-corrected chi connectivity index (χ3v) is 5.83. The molecule has 4 rings (SSSR count). The summed E-state index contributed by atoms with van der Waals surface area (Å²) in [6.45, 7) is 8.11. The molecule has 3 aromatic rings. The number of hydrogen-bond donors (Lipinski definition) is 0. The fourth-order valence-electron chi connectivity index (χ4n) is 3.87. The van der Waals surface area contributed by atoms with Crippen molar-refractivity contribution >= 4 is 17.5 Å². The van der Waals surface area contributed by atoms with Crippen LogP contribution in [0.2, 0.25) is 5.02 Å². The number of amides is 1. The number of carbonyl (C=O) groups excluding carboxylic acids is 1. The Morgan fingerprint density at radius 2 is 1.71 bits per heavy atom. The molecule has 1 aromatic heterocycles. The summed E-state index contributed by atoms with van der Waals surface area (Å²) >= 11 is 6.27. The smallest absolute Gasteiger partial charge is 0.289 e. The average Bonchev–Trinajstić information content (AvgIpc) is 3.22. The number of ether oxygens (including phenoxy) is 1. The summed E-state index contributed by atoms with van der Waals surface area (Å²) in [5, 5.41) is 0.784. The summed E-state index contributed by atoms with van der Waals surface area (Å²) in [7, 11) is 0. The van der Waals surface area contributed by atoms with Crippen LogP contribution >= 0.6 is 11.6 Å². The second kappa shape index (κ2) is 9.58. The third kappa shape index (κ3) is 5.49. The SMILES string of the molecule is Cc1cc(C)cc(OCc2ccc(C(=O)N3CCN(Cc4ccccc4Cl)CC3)o2)c1. The minimum Gasteiger partial charge on any atom is -0.486 e. The van der Waals surface area contributed by atoms with Crippen LogP contribution in [-0.2, 0) is 13.2 Å². The van der Waals surface area contributed by atoms with Crippen molar-refractivity contribution in [1.29, 1.82) is 0 Å². The minimum absolute atomic E-state index is 0.0740. The predicted octanol–water partition coefficient (Wildman–Crippen LogP) is 5.09. The molecular formula is C25H27ClN2O3. The summed E-state index contributed by atoms with van der Waals surface area (Å²) in [6.07, 6.45) is 0. The van der Waals surface area contributed by atoms with E-state index in [2.05, 4.69) is 11.0 Å². The highest BCUT2D eigenvalue weighted by molar-refractivity contribution is 6.31. The molecule has 0 spiro atoms. The Balaban J connectivity index is 1.29. The lowest BCUT2D eigenvalue weighted by Gasteiger charge is -2.34. The largest absolute Gasteiger partial charge is 0.486 e. The van der Waals surface area contributed by atoms with Crippen LogP contribution in [-0.4, -0.2) is 41.9 Å². The van der Waals surface area contributed by atoms with Gasteiger partial charge in [0.05, 0.1) is 0 Å². The fourth-order valence-corrected chi connectivity index (χ4v) is 4.07. The van der Waals surface area contributed by atoms with E-state index >= 15 is 0 Å². The Labute approximate surface area is 188 Å². The van der Waals surface area contributed by atoms with Crippen LogP contribution in [0, 0.1) is 13.8 Å². The first-order valence-corrected chi connectivity index (χ1v) is 10.9. The molecule has 5 nitrogen and oxygen atoms in total. The highest BCUT2D eigenvalue weighted by atomic mass is 35.5. The molecule has 0 bridgehead atoms. The third-order valence-electron chi connectivity index (χ3n) is 5.46. The van der Waals surface area contributed by atoms with Crippen molar-refractivity contribution in [2.45, 2.75) is 27.0 Å². The quantitative estimate of drug-likeness (QED) is 0.538. The van der Waals surface area contributed by atoms with E-state index in [0.717, 1.165) is 47.1 Å². The van der Waals surface area contributed by atoms with E-state index < -0.39 is 0 Å². The molecule has 0 saturated carbocycles. The number of aryl methyl sites for hydroxylation is 2. The van der Waals surface area contributed by atoms with Crippen molar-refractivity contribution in [1.82, 2.24) is 9.80 Å². The molecule has 0 radical (unpaired) electrons. The van der Waals surface area contributed by atoms with E-state index in [-0.39, 0.29) is 5.91 Å². The Morgan fingerprint density at radius 1 is 1.00 bits per heavy atom. The van der Waals surface area contributed by atoms with E-state index in [1.54, 1.807) is 6.07 Å². The summed E-state index contributed by atoms with van der Waals surface area (Å²) in [6, 6.07) is 17.5. The van der Waals surface area contributed by atoms with Gasteiger partial charge in [0.15, 0.2) is 5.76 Å². The van der Waals surface area contributed by atoms with Crippen LogP contribution in [0.1, 0.15) is 33.0 Å². The second-order valence-corrected chi connectivity index (χ2v) is 8.45. The summed E-state index contributed by atoms with van der Waals surface area (Å²) in [4.78, 5) is 17.0. The maximum atomic E-state index is 12.8. The first kappa shape index (κ1) is 21.5. The molecule has 0 unspecified atom stereocenters. The zero-order valence-electron chi connectivity index (χ0n) is 17.9. The highest BCUT2D eigenvalue weighted by Gasteiger charge is 2.24. The molecule has 162 valence electrons. The van der Waals surface area contributed by atoms with Crippen molar-refractivity contribution in [3.63, 3.8) is 0 Å². The van der Waals surface area contributed by atoms with E-state index in [4.69, 9.17) is 20.8 Å². The summed E-state index contributed by atoms with van der Waals surface area (Å²) in [5.41, 5.74) is 3.42. The Kier molecular flexibility index (Phi) is 6.64. The molecule has 31 heavy (non-hydrogen) atoms. The molecule has 0 aliphatic carbocycles. The molecule has 1 fully saturated rings. The average molecular weight is 439 g/mol. The van der Waals surface area contributed by atoms with Crippen LogP contribution in [0.15, 0.2) is 59.0 Å². The molecule has 1 amide bonds. The summed E-state index contributed by atoms with van der Waals surface area (Å²) in [5.74, 6) is 1.73. The Morgan fingerprint density at radius 3 is 2.42 bits per heavy atom. The number of halogens is 1. The topological polar surface area (TPSA) is 45.9 Å². The van der Waals surface area contributed by atoms with E-state index in [1.807, 2.05) is 61.2 Å². The number of furan rings is 1. The molecular weight excluding hydrogens is 412 g/mol. The Bertz CT molecular complexity index is 1030. The van der Waals surface area contributed by atoms with Crippen LogP contribution in [0.25, 0.3) is 0 Å². The van der Waals surface area contributed by atoms with Gasteiger partial charge in [-0.05, 0) is 60.9 Å². The molecule has 6 heteroatoms. The molecule has 2 aromatic carbocycles. The van der Waals surface area contributed by atoms with Gasteiger partial charge in [-0.1, -0.05) is 35.9 Å². The lowest BCUT2D eigenvalue weighted by molar-refractivity contribution is 0.0594. The van der Waals surface area contributed by atoms with Crippen molar-refractivity contribution in [2.24, 2.45) is 0 Å². The van der Waals surface area contributed by atoms with Crippen molar-refractivity contribution in [2.75, 3.05) is 26.2 Å². The standard InChI is InChI=1S/C25H27ClN2O3/c1-18-13-19(2)15-22(14-18)30-17-21-7-8-24(31-21)25(29)28-11-9-27(10-12-28)16-20-5-3-4-6-23(20)26/h3-8,13-15H,9-12,16-17H2,1-2H3. The number of benzene rings is 2. The minimum atomic E-state index is -0.0740. The molecule has 2 heterocycles. The zero-order valence-corrected chi connectivity index (χ0v) is 18.7. The Hall–Kier alpha value is -2.76. The number of carbonyl (C=O) groups is 1. The molecule has 1 saturated heterocycles. The maximum Gasteiger partial charge on any atom is 0.289 e. The monoisotopic (exact) mass is 438 g/mol. The van der Waals surface area contributed by atoms with Gasteiger partial charge >= 0.3 is 0 Å². The van der Waals surface area contributed by atoms with Crippen molar-refractivity contribution in [3.8, 4) is 5.75 Å². The maximum absolute atomic E-state index is 12.8. The van der Waals surface area contributed by atoms with Gasteiger partial charge in [0.1, 0.15) is 18.1 Å². The second-order valence-electron chi connectivity index (χ2n) is 8.04. The lowest BCUT2D eigenvalue weighted by atomic mass is 10.1. The van der Waals surface area contributed by atoms with E-state index in [0.29, 0.717) is 31.2 Å². The van der Waals surface area contributed by atoms with Gasteiger partial charge in [-0.3, -0.25) is 9.69 Å². The van der Waals surface area contributed by atoms with Gasteiger partial charge in [0.25, 0.3) is 5.91 Å². The number of nitrogens with zero attached hydrogens (tertiary/aromatic N) is 2. The molecule has 0 N–H and O–H groups in total. The van der Waals surface area contributed by atoms with Gasteiger partial charge in [0, 0.05) is 37.7 Å². The fraction of sp³-hybridized carbons (Fsp3) is 0.320. The lowest BCUT2D eigenvalue weighted by Crippen LogP contribution is -2.48. The van der Waals surface area contributed by atoms with Crippen molar-refractivity contribution in [3.05, 3.63) is 87.8 Å². The van der Waals surface area contributed by atoms with Gasteiger partial charge in [-0.2, -0.15) is 0 Å². The van der Waals surface area contributed by atoms with Gasteiger partial charge < -0.3 is 14.1 Å². The highest BCUT2D eigenvalue weighted by Crippen LogP contribution is 2.20. The molecule has 1 aliphatic heterocycles. The van der Waals surface area contributed by atoms with Crippen LogP contribution in [0.3, 0.4) is 0 Å². The number of piperazine rings is 1. The zero-order chi connectivity index (χ0) is 21.8. The van der Waals surface area contributed by atoms with E-state index in [9.17, 15) is 4.79 Å². The van der Waals surface area contributed by atoms with Crippen LogP contribution in [0.5, 0.6) is 5.75 Å². The van der Waals surface area contributed by atoms with Crippen molar-refractivity contribution < 1.29 is 13.9 Å². The first-order valence-electron chi connectivity index (χ1n) is 10.5. The molecule has 1 aliphatic rings. The normalized spacial score (nSPS) is 14.6.